The minimum absolute atomic E-state index is 0.0386. The van der Waals surface area contributed by atoms with Crippen LogP contribution in [0.3, 0.4) is 0 Å². The normalized spacial score (nSPS) is 20.5. The molecular weight excluding hydrogens is 322 g/mol. The van der Waals surface area contributed by atoms with Crippen molar-refractivity contribution in [3.8, 4) is 11.4 Å². The van der Waals surface area contributed by atoms with Crippen LogP contribution in [0.15, 0.2) is 27.5 Å². The van der Waals surface area contributed by atoms with E-state index in [0.717, 1.165) is 12.0 Å². The van der Waals surface area contributed by atoms with Crippen LogP contribution in [0, 0.1) is 5.92 Å². The van der Waals surface area contributed by atoms with Crippen molar-refractivity contribution in [2.24, 2.45) is 5.92 Å². The smallest absolute Gasteiger partial charge is 0.227 e. The third-order valence-electron chi connectivity index (χ3n) is 4.60. The van der Waals surface area contributed by atoms with E-state index in [2.05, 4.69) is 22.4 Å². The third kappa shape index (κ3) is 5.16. The van der Waals surface area contributed by atoms with Crippen molar-refractivity contribution in [1.82, 2.24) is 15.5 Å². The second kappa shape index (κ2) is 8.80. The van der Waals surface area contributed by atoms with Gasteiger partial charge in [-0.3, -0.25) is 4.79 Å². The van der Waals surface area contributed by atoms with Crippen LogP contribution in [0.4, 0.5) is 0 Å². The highest BCUT2D eigenvalue weighted by Crippen LogP contribution is 2.26. The maximum absolute atomic E-state index is 11.9. The van der Waals surface area contributed by atoms with E-state index >= 15 is 0 Å². The first-order valence-corrected chi connectivity index (χ1v) is 8.96. The van der Waals surface area contributed by atoms with Gasteiger partial charge >= 0.3 is 0 Å². The second-order valence-corrected chi connectivity index (χ2v) is 6.54. The standard InChI is InChI=1S/C18H25N3O4/c1-13-4-2-3-5-15(13)24-11-9-19-16(22)6-7-17-20-18(21-25-17)14-8-10-23-12-14/h8,10,12-13,15H,2-7,9,11H2,1H3,(H,19,22). The molecule has 1 aliphatic carbocycles. The van der Waals surface area contributed by atoms with E-state index in [9.17, 15) is 4.79 Å². The van der Waals surface area contributed by atoms with Crippen molar-refractivity contribution in [3.63, 3.8) is 0 Å². The number of carbonyl (C=O) groups excluding carboxylic acids is 1. The van der Waals surface area contributed by atoms with E-state index in [1.807, 2.05) is 0 Å². The number of nitrogens with zero attached hydrogens (tertiary/aromatic N) is 2. The Balaban J connectivity index is 1.32. The van der Waals surface area contributed by atoms with Crippen LogP contribution in [0.5, 0.6) is 0 Å². The molecule has 1 N–H and O–H groups in total. The van der Waals surface area contributed by atoms with Gasteiger partial charge in [0.25, 0.3) is 0 Å². The molecule has 2 heterocycles. The van der Waals surface area contributed by atoms with E-state index in [0.29, 0.717) is 49.7 Å². The first-order chi connectivity index (χ1) is 12.2. The molecule has 25 heavy (non-hydrogen) atoms. The van der Waals surface area contributed by atoms with E-state index < -0.39 is 0 Å². The van der Waals surface area contributed by atoms with Crippen molar-refractivity contribution < 1.29 is 18.5 Å². The number of carbonyl (C=O) groups is 1. The SMILES string of the molecule is CC1CCCCC1OCCNC(=O)CCc1nc(-c2ccoc2)no1. The van der Waals surface area contributed by atoms with Crippen LogP contribution >= 0.6 is 0 Å². The number of hydrogen-bond acceptors (Lipinski definition) is 6. The molecule has 0 aromatic carbocycles. The van der Waals surface area contributed by atoms with Gasteiger partial charge in [0.1, 0.15) is 6.26 Å². The Morgan fingerprint density at radius 3 is 3.08 bits per heavy atom. The zero-order valence-corrected chi connectivity index (χ0v) is 14.6. The van der Waals surface area contributed by atoms with Crippen LogP contribution in [0.2, 0.25) is 0 Å². The fraction of sp³-hybridized carbons (Fsp3) is 0.611. The molecule has 1 saturated carbocycles. The van der Waals surface area contributed by atoms with Gasteiger partial charge in [0.15, 0.2) is 0 Å². The van der Waals surface area contributed by atoms with Gasteiger partial charge in [0.2, 0.25) is 17.6 Å². The number of furan rings is 1. The lowest BCUT2D eigenvalue weighted by atomic mass is 9.88. The molecule has 0 saturated heterocycles. The molecule has 3 rings (SSSR count). The number of aryl methyl sites for hydroxylation is 1. The van der Waals surface area contributed by atoms with Crippen molar-refractivity contribution >= 4 is 5.91 Å². The van der Waals surface area contributed by atoms with Crippen molar-refractivity contribution in [1.29, 1.82) is 0 Å². The Hall–Kier alpha value is -2.15. The highest BCUT2D eigenvalue weighted by molar-refractivity contribution is 5.76. The van der Waals surface area contributed by atoms with Crippen LogP contribution in [-0.4, -0.2) is 35.3 Å². The first kappa shape index (κ1) is 17.7. The van der Waals surface area contributed by atoms with E-state index in [1.165, 1.54) is 19.3 Å². The summed E-state index contributed by atoms with van der Waals surface area (Å²) >= 11 is 0. The van der Waals surface area contributed by atoms with Crippen molar-refractivity contribution in [3.05, 3.63) is 24.5 Å². The maximum Gasteiger partial charge on any atom is 0.227 e. The van der Waals surface area contributed by atoms with Gasteiger partial charge in [0.05, 0.1) is 24.5 Å². The Labute approximate surface area is 147 Å². The lowest BCUT2D eigenvalue weighted by Gasteiger charge is -2.28. The van der Waals surface area contributed by atoms with Crippen molar-refractivity contribution in [2.45, 2.75) is 51.6 Å². The average Bonchev–Trinajstić information content (AvgIpc) is 3.29. The molecule has 1 aliphatic rings. The summed E-state index contributed by atoms with van der Waals surface area (Å²) in [6.07, 6.45) is 9.08. The lowest BCUT2D eigenvalue weighted by molar-refractivity contribution is -0.121. The van der Waals surface area contributed by atoms with E-state index in [1.54, 1.807) is 18.6 Å². The number of rotatable bonds is 8. The Morgan fingerprint density at radius 2 is 2.28 bits per heavy atom. The molecule has 1 amide bonds. The Bertz CT molecular complexity index is 653. The number of ether oxygens (including phenoxy) is 1. The van der Waals surface area contributed by atoms with Gasteiger partial charge in [-0.05, 0) is 24.8 Å². The van der Waals surface area contributed by atoms with Crippen molar-refractivity contribution in [2.75, 3.05) is 13.2 Å². The molecule has 2 aromatic heterocycles. The maximum atomic E-state index is 11.9. The largest absolute Gasteiger partial charge is 0.472 e. The van der Waals surface area contributed by atoms with Gasteiger partial charge in [-0.15, -0.1) is 0 Å². The van der Waals surface area contributed by atoms with E-state index in [4.69, 9.17) is 13.7 Å². The number of amides is 1. The summed E-state index contributed by atoms with van der Waals surface area (Å²) < 4.78 is 16.0. The monoisotopic (exact) mass is 347 g/mol. The number of nitrogens with one attached hydrogen (secondary N) is 1. The van der Waals surface area contributed by atoms with Crippen LogP contribution < -0.4 is 5.32 Å². The highest BCUT2D eigenvalue weighted by Gasteiger charge is 2.21. The highest BCUT2D eigenvalue weighted by atomic mass is 16.5. The van der Waals surface area contributed by atoms with Gasteiger partial charge < -0.3 is 19.0 Å². The summed E-state index contributed by atoms with van der Waals surface area (Å²) in [7, 11) is 0. The van der Waals surface area contributed by atoms with Crippen LogP contribution in [-0.2, 0) is 16.0 Å². The zero-order chi connectivity index (χ0) is 17.5. The molecular formula is C18H25N3O4. The molecule has 2 atom stereocenters. The van der Waals surface area contributed by atoms with Gasteiger partial charge in [-0.2, -0.15) is 4.98 Å². The molecule has 7 nitrogen and oxygen atoms in total. The molecule has 1 fully saturated rings. The topological polar surface area (TPSA) is 90.4 Å². The minimum Gasteiger partial charge on any atom is -0.472 e. The van der Waals surface area contributed by atoms with E-state index in [-0.39, 0.29) is 5.91 Å². The average molecular weight is 347 g/mol. The van der Waals surface area contributed by atoms with Crippen LogP contribution in [0.1, 0.15) is 44.9 Å². The molecule has 7 heteroatoms. The lowest BCUT2D eigenvalue weighted by Crippen LogP contribution is -2.31. The van der Waals surface area contributed by atoms with Gasteiger partial charge in [-0.25, -0.2) is 0 Å². The molecule has 0 aliphatic heterocycles. The number of aromatic nitrogens is 2. The molecule has 0 spiro atoms. The molecule has 0 bridgehead atoms. The second-order valence-electron chi connectivity index (χ2n) is 6.54. The predicted octanol–water partition coefficient (Wildman–Crippen LogP) is 2.97. The quantitative estimate of drug-likeness (QED) is 0.738. The summed E-state index contributed by atoms with van der Waals surface area (Å²) in [6, 6.07) is 1.76. The summed E-state index contributed by atoms with van der Waals surface area (Å²) in [5.74, 6) is 1.49. The summed E-state index contributed by atoms with van der Waals surface area (Å²) in [5.41, 5.74) is 0.758. The van der Waals surface area contributed by atoms with Crippen LogP contribution in [0.25, 0.3) is 11.4 Å². The Morgan fingerprint density at radius 1 is 1.40 bits per heavy atom. The number of hydrogen-bond donors (Lipinski definition) is 1. The van der Waals surface area contributed by atoms with Gasteiger partial charge in [-0.1, -0.05) is 24.9 Å². The Kier molecular flexibility index (Phi) is 6.22. The fourth-order valence-electron chi connectivity index (χ4n) is 3.10. The summed E-state index contributed by atoms with van der Waals surface area (Å²) in [6.45, 7) is 3.34. The fourth-order valence-corrected chi connectivity index (χ4v) is 3.10. The minimum atomic E-state index is -0.0386. The summed E-state index contributed by atoms with van der Waals surface area (Å²) in [5, 5.41) is 6.75. The predicted molar refractivity (Wildman–Crippen MR) is 90.7 cm³/mol. The molecule has 0 radical (unpaired) electrons. The zero-order valence-electron chi connectivity index (χ0n) is 14.6. The first-order valence-electron chi connectivity index (χ1n) is 8.96. The molecule has 136 valence electrons. The molecule has 2 unspecified atom stereocenters. The molecule has 2 aromatic rings. The van der Waals surface area contributed by atoms with Gasteiger partial charge in [0, 0.05) is 19.4 Å². The third-order valence-corrected chi connectivity index (χ3v) is 4.60. The summed E-state index contributed by atoms with van der Waals surface area (Å²) in [4.78, 5) is 16.1.